The number of hydrogen-bond acceptors (Lipinski definition) is 4. The monoisotopic (exact) mass is 288 g/mol. The second kappa shape index (κ2) is 5.64. The molecule has 1 amide bonds. The van der Waals surface area contributed by atoms with E-state index in [0.29, 0.717) is 11.5 Å². The highest BCUT2D eigenvalue weighted by Gasteiger charge is 2.39. The standard InChI is InChI=1S/C16H24N4O/c1-19-9-3-7-16(11-19)8-4-10-20(12-16)15(21)13-5-2-6-14(17)18-13/h2,5-6H,3-4,7-12H2,1H3,(H2,17,18)/t16-/m0/s1. The third-order valence-electron chi connectivity index (χ3n) is 4.79. The van der Waals surface area contributed by atoms with Gasteiger partial charge in [-0.2, -0.15) is 0 Å². The van der Waals surface area contributed by atoms with Gasteiger partial charge >= 0.3 is 0 Å². The zero-order chi connectivity index (χ0) is 14.9. The highest BCUT2D eigenvalue weighted by molar-refractivity contribution is 5.92. The first-order chi connectivity index (χ1) is 10.1. The molecule has 2 aliphatic heterocycles. The number of rotatable bonds is 1. The molecule has 2 N–H and O–H groups in total. The van der Waals surface area contributed by atoms with Crippen molar-refractivity contribution in [3.63, 3.8) is 0 Å². The van der Waals surface area contributed by atoms with Gasteiger partial charge in [-0.1, -0.05) is 6.07 Å². The van der Waals surface area contributed by atoms with Crippen molar-refractivity contribution in [3.8, 4) is 0 Å². The van der Waals surface area contributed by atoms with Gasteiger partial charge in [-0.3, -0.25) is 4.79 Å². The third kappa shape index (κ3) is 3.02. The quantitative estimate of drug-likeness (QED) is 0.853. The Bertz CT molecular complexity index is 529. The van der Waals surface area contributed by atoms with Crippen LogP contribution in [0.4, 0.5) is 5.82 Å². The molecule has 2 aliphatic rings. The van der Waals surface area contributed by atoms with Gasteiger partial charge in [0.15, 0.2) is 0 Å². The Morgan fingerprint density at radius 3 is 2.71 bits per heavy atom. The summed E-state index contributed by atoms with van der Waals surface area (Å²) in [7, 11) is 2.18. The van der Waals surface area contributed by atoms with Gasteiger partial charge in [0, 0.05) is 25.0 Å². The first-order valence-electron chi connectivity index (χ1n) is 7.78. The predicted molar refractivity (Wildman–Crippen MR) is 83.0 cm³/mol. The zero-order valence-electron chi connectivity index (χ0n) is 12.7. The van der Waals surface area contributed by atoms with Gasteiger partial charge in [0.25, 0.3) is 5.91 Å². The average molecular weight is 288 g/mol. The van der Waals surface area contributed by atoms with Crippen LogP contribution in [-0.2, 0) is 0 Å². The van der Waals surface area contributed by atoms with Crippen molar-refractivity contribution in [2.45, 2.75) is 25.7 Å². The Kier molecular flexibility index (Phi) is 3.85. The van der Waals surface area contributed by atoms with Crippen molar-refractivity contribution in [1.29, 1.82) is 0 Å². The molecule has 0 saturated carbocycles. The summed E-state index contributed by atoms with van der Waals surface area (Å²) >= 11 is 0. The van der Waals surface area contributed by atoms with E-state index in [1.54, 1.807) is 18.2 Å². The molecule has 0 aromatic carbocycles. The van der Waals surface area contributed by atoms with Gasteiger partial charge < -0.3 is 15.5 Å². The van der Waals surface area contributed by atoms with Gasteiger partial charge in [-0.25, -0.2) is 4.98 Å². The summed E-state index contributed by atoms with van der Waals surface area (Å²) in [5, 5.41) is 0. The molecule has 1 aromatic rings. The number of nitrogen functional groups attached to an aromatic ring is 1. The number of carbonyl (C=O) groups excluding carboxylic acids is 1. The van der Waals surface area contributed by atoms with Gasteiger partial charge in [0.2, 0.25) is 0 Å². The number of aromatic nitrogens is 1. The minimum absolute atomic E-state index is 0.0228. The van der Waals surface area contributed by atoms with Gasteiger partial charge in [-0.15, -0.1) is 0 Å². The Balaban J connectivity index is 1.75. The number of hydrogen-bond donors (Lipinski definition) is 1. The number of likely N-dealkylation sites (tertiary alicyclic amines) is 2. The highest BCUT2D eigenvalue weighted by Crippen LogP contribution is 2.38. The topological polar surface area (TPSA) is 62.5 Å². The maximum atomic E-state index is 12.7. The first-order valence-corrected chi connectivity index (χ1v) is 7.78. The molecule has 3 heterocycles. The van der Waals surface area contributed by atoms with E-state index in [1.165, 1.54) is 25.8 Å². The second-order valence-corrected chi connectivity index (χ2v) is 6.62. The van der Waals surface area contributed by atoms with Crippen molar-refractivity contribution in [2.75, 3.05) is 39.0 Å². The van der Waals surface area contributed by atoms with E-state index in [2.05, 4.69) is 16.9 Å². The fraction of sp³-hybridized carbons (Fsp3) is 0.625. The number of carbonyl (C=O) groups is 1. The lowest BCUT2D eigenvalue weighted by Crippen LogP contribution is -2.52. The normalized spacial score (nSPS) is 27.0. The van der Waals surface area contributed by atoms with Gasteiger partial charge in [0.05, 0.1) is 0 Å². The molecule has 2 fully saturated rings. The van der Waals surface area contributed by atoms with Crippen LogP contribution in [0.3, 0.4) is 0 Å². The van der Waals surface area contributed by atoms with Gasteiger partial charge in [-0.05, 0) is 51.4 Å². The second-order valence-electron chi connectivity index (χ2n) is 6.62. The summed E-state index contributed by atoms with van der Waals surface area (Å²) in [6.07, 6.45) is 4.77. The third-order valence-corrected chi connectivity index (χ3v) is 4.79. The Labute approximate surface area is 126 Å². The minimum atomic E-state index is 0.0228. The lowest BCUT2D eigenvalue weighted by atomic mass is 9.74. The summed E-state index contributed by atoms with van der Waals surface area (Å²) in [6, 6.07) is 5.27. The molecule has 114 valence electrons. The molecular weight excluding hydrogens is 264 g/mol. The van der Waals surface area contributed by atoms with E-state index in [4.69, 9.17) is 5.73 Å². The Morgan fingerprint density at radius 1 is 1.24 bits per heavy atom. The lowest BCUT2D eigenvalue weighted by Gasteiger charge is -2.47. The smallest absolute Gasteiger partial charge is 0.272 e. The maximum Gasteiger partial charge on any atom is 0.272 e. The predicted octanol–water partition coefficient (Wildman–Crippen LogP) is 1.61. The molecule has 0 aliphatic carbocycles. The van der Waals surface area contributed by atoms with Crippen molar-refractivity contribution >= 4 is 11.7 Å². The Hall–Kier alpha value is -1.62. The van der Waals surface area contributed by atoms with E-state index >= 15 is 0 Å². The summed E-state index contributed by atoms with van der Waals surface area (Å²) in [5.41, 5.74) is 6.44. The SMILES string of the molecule is CN1CCC[C@]2(CCCN(C(=O)c3cccc(N)n3)C2)C1. The summed E-state index contributed by atoms with van der Waals surface area (Å²) in [4.78, 5) is 21.2. The molecule has 5 nitrogen and oxygen atoms in total. The molecule has 0 radical (unpaired) electrons. The van der Waals surface area contributed by atoms with Gasteiger partial charge in [0.1, 0.15) is 11.5 Å². The van der Waals surface area contributed by atoms with Crippen LogP contribution in [0, 0.1) is 5.41 Å². The number of pyridine rings is 1. The molecule has 21 heavy (non-hydrogen) atoms. The van der Waals surface area contributed by atoms with Crippen molar-refractivity contribution in [3.05, 3.63) is 23.9 Å². The molecule has 0 unspecified atom stereocenters. The van der Waals surface area contributed by atoms with Crippen LogP contribution in [0.25, 0.3) is 0 Å². The van der Waals surface area contributed by atoms with Crippen LogP contribution in [0.2, 0.25) is 0 Å². The van der Waals surface area contributed by atoms with Crippen molar-refractivity contribution in [1.82, 2.24) is 14.8 Å². The van der Waals surface area contributed by atoms with E-state index in [0.717, 1.165) is 26.1 Å². The minimum Gasteiger partial charge on any atom is -0.384 e. The van der Waals surface area contributed by atoms with Crippen LogP contribution < -0.4 is 5.73 Å². The van der Waals surface area contributed by atoms with E-state index in [-0.39, 0.29) is 11.3 Å². The van der Waals surface area contributed by atoms with Crippen LogP contribution in [0.1, 0.15) is 36.2 Å². The highest BCUT2D eigenvalue weighted by atomic mass is 16.2. The fourth-order valence-corrected chi connectivity index (χ4v) is 3.90. The van der Waals surface area contributed by atoms with E-state index in [9.17, 15) is 4.79 Å². The van der Waals surface area contributed by atoms with Crippen molar-refractivity contribution in [2.24, 2.45) is 5.41 Å². The average Bonchev–Trinajstić information content (AvgIpc) is 2.46. The number of amides is 1. The lowest BCUT2D eigenvalue weighted by molar-refractivity contribution is 0.0203. The van der Waals surface area contributed by atoms with E-state index in [1.807, 2.05) is 4.90 Å². The molecule has 1 atom stereocenters. The van der Waals surface area contributed by atoms with Crippen LogP contribution in [-0.4, -0.2) is 53.9 Å². The Morgan fingerprint density at radius 2 is 2.00 bits per heavy atom. The fourth-order valence-electron chi connectivity index (χ4n) is 3.90. The van der Waals surface area contributed by atoms with Crippen LogP contribution >= 0.6 is 0 Å². The number of piperidine rings is 2. The largest absolute Gasteiger partial charge is 0.384 e. The molecule has 0 bridgehead atoms. The molecular formula is C16H24N4O. The molecule has 1 spiro atoms. The van der Waals surface area contributed by atoms with Crippen LogP contribution in [0.15, 0.2) is 18.2 Å². The summed E-state index contributed by atoms with van der Waals surface area (Å²) in [6.45, 7) is 3.96. The number of nitrogens with zero attached hydrogens (tertiary/aromatic N) is 3. The molecule has 1 aromatic heterocycles. The first kappa shape index (κ1) is 14.3. The molecule has 2 saturated heterocycles. The van der Waals surface area contributed by atoms with Crippen LogP contribution in [0.5, 0.6) is 0 Å². The number of nitrogens with two attached hydrogens (primary N) is 1. The van der Waals surface area contributed by atoms with Crippen molar-refractivity contribution < 1.29 is 4.79 Å². The summed E-state index contributed by atoms with van der Waals surface area (Å²) < 4.78 is 0. The maximum absolute atomic E-state index is 12.7. The molecule has 5 heteroatoms. The van der Waals surface area contributed by atoms with E-state index < -0.39 is 0 Å². The number of anilines is 1. The summed E-state index contributed by atoms with van der Waals surface area (Å²) in [5.74, 6) is 0.430. The zero-order valence-corrected chi connectivity index (χ0v) is 12.7. The molecule has 3 rings (SSSR count).